The zero-order chi connectivity index (χ0) is 35.6. The molecule has 0 aliphatic heterocycles. The van der Waals surface area contributed by atoms with E-state index in [-0.39, 0.29) is 0 Å². The maximum Gasteiger partial charge on any atom is 0.227 e. The number of anilines is 3. The van der Waals surface area contributed by atoms with Crippen molar-refractivity contribution in [2.75, 3.05) is 4.90 Å². The Morgan fingerprint density at radius 3 is 1.57 bits per heavy atom. The first kappa shape index (κ1) is 30.3. The molecule has 5 nitrogen and oxygen atoms in total. The molecule has 3 heterocycles. The highest BCUT2D eigenvalue weighted by Crippen LogP contribution is 2.41. The Morgan fingerprint density at radius 1 is 0.315 bits per heavy atom. The number of aromatic nitrogens is 1. The maximum atomic E-state index is 6.31. The van der Waals surface area contributed by atoms with Gasteiger partial charge < -0.3 is 18.2 Å². The molecule has 8 aromatic carbocycles. The first-order valence-electron chi connectivity index (χ1n) is 18.0. The monoisotopic (exact) mass is 694 g/mol. The second-order valence-electron chi connectivity index (χ2n) is 13.6. The first-order chi connectivity index (χ1) is 26.7. The summed E-state index contributed by atoms with van der Waals surface area (Å²) in [4.78, 5) is 7.05. The van der Waals surface area contributed by atoms with Crippen LogP contribution in [0.1, 0.15) is 0 Å². The Morgan fingerprint density at radius 2 is 0.833 bits per heavy atom. The molecule has 0 saturated carbocycles. The highest BCUT2D eigenvalue weighted by molar-refractivity contribution is 6.10. The summed E-state index contributed by atoms with van der Waals surface area (Å²) in [5, 5.41) is 4.23. The molecule has 54 heavy (non-hydrogen) atoms. The van der Waals surface area contributed by atoms with Crippen LogP contribution >= 0.6 is 0 Å². The molecule has 0 fully saturated rings. The smallest absolute Gasteiger partial charge is 0.227 e. The fraction of sp³-hybridized carbons (Fsp3) is 0. The Balaban J connectivity index is 0.984. The Kier molecular flexibility index (Phi) is 6.79. The topological polar surface area (TPSA) is 55.6 Å². The van der Waals surface area contributed by atoms with Crippen LogP contribution in [-0.4, -0.2) is 4.98 Å². The van der Waals surface area contributed by atoms with E-state index in [1.54, 1.807) is 0 Å². The molecule has 5 heteroatoms. The zero-order valence-corrected chi connectivity index (χ0v) is 28.9. The van der Waals surface area contributed by atoms with Crippen molar-refractivity contribution in [1.29, 1.82) is 0 Å². The lowest BCUT2D eigenvalue weighted by Crippen LogP contribution is -2.09. The number of nitrogens with zero attached hydrogens (tertiary/aromatic N) is 2. The molecule has 0 spiro atoms. The molecule has 0 N–H and O–H groups in total. The van der Waals surface area contributed by atoms with Gasteiger partial charge in [0.1, 0.15) is 27.8 Å². The molecule has 11 aromatic rings. The van der Waals surface area contributed by atoms with Crippen molar-refractivity contribution in [3.63, 3.8) is 0 Å². The first-order valence-corrected chi connectivity index (χ1v) is 18.0. The molecule has 254 valence electrons. The van der Waals surface area contributed by atoms with Gasteiger partial charge >= 0.3 is 0 Å². The van der Waals surface area contributed by atoms with Crippen LogP contribution in [0.4, 0.5) is 17.1 Å². The van der Waals surface area contributed by atoms with Crippen LogP contribution in [0, 0.1) is 0 Å². The van der Waals surface area contributed by atoms with Crippen LogP contribution in [0.15, 0.2) is 195 Å². The molecule has 0 amide bonds. The summed E-state index contributed by atoms with van der Waals surface area (Å²) < 4.78 is 18.7. The van der Waals surface area contributed by atoms with Gasteiger partial charge in [0.05, 0.1) is 0 Å². The molecule has 11 rings (SSSR count). The van der Waals surface area contributed by atoms with Gasteiger partial charge in [0, 0.05) is 50.2 Å². The average molecular weight is 695 g/mol. The quantitative estimate of drug-likeness (QED) is 0.173. The average Bonchev–Trinajstić information content (AvgIpc) is 3.94. The van der Waals surface area contributed by atoms with Crippen LogP contribution in [-0.2, 0) is 0 Å². The van der Waals surface area contributed by atoms with Gasteiger partial charge in [0.2, 0.25) is 5.89 Å². The number of benzene rings is 8. The lowest BCUT2D eigenvalue weighted by molar-refractivity contribution is 0.620. The van der Waals surface area contributed by atoms with Crippen molar-refractivity contribution in [3.8, 4) is 33.7 Å². The summed E-state index contributed by atoms with van der Waals surface area (Å²) in [6.07, 6.45) is 0. The van der Waals surface area contributed by atoms with E-state index in [4.69, 9.17) is 18.2 Å². The molecule has 0 aliphatic rings. The fourth-order valence-corrected chi connectivity index (χ4v) is 7.62. The molecule has 0 bridgehead atoms. The van der Waals surface area contributed by atoms with Gasteiger partial charge in [-0.05, 0) is 101 Å². The third kappa shape index (κ3) is 5.06. The summed E-state index contributed by atoms with van der Waals surface area (Å²) in [5.41, 5.74) is 13.6. The van der Waals surface area contributed by atoms with Crippen molar-refractivity contribution in [2.24, 2.45) is 0 Å². The molecule has 0 atom stereocenters. The van der Waals surface area contributed by atoms with Crippen LogP contribution in [0.25, 0.3) is 88.7 Å². The van der Waals surface area contributed by atoms with Gasteiger partial charge in [-0.2, -0.15) is 0 Å². The number of para-hydroxylation sites is 1. The highest BCUT2D eigenvalue weighted by atomic mass is 16.4. The molecule has 0 saturated heterocycles. The minimum atomic E-state index is 0.600. The van der Waals surface area contributed by atoms with Crippen molar-refractivity contribution in [3.05, 3.63) is 182 Å². The third-order valence-corrected chi connectivity index (χ3v) is 10.3. The number of hydrogen-bond acceptors (Lipinski definition) is 5. The van der Waals surface area contributed by atoms with Crippen LogP contribution < -0.4 is 4.90 Å². The SMILES string of the molecule is c1ccc(-c2ccc(N(c3ccc(-c4ccc5oc6cc7nc(-c8ccccc8)oc7cc6c5c4)cc3)c3ccc4oc5ccccc5c4c3)cc2)cc1. The normalized spacial score (nSPS) is 11.7. The summed E-state index contributed by atoms with van der Waals surface area (Å²) in [6, 6.07) is 63.0. The number of furan rings is 2. The number of rotatable bonds is 6. The zero-order valence-electron chi connectivity index (χ0n) is 28.9. The van der Waals surface area contributed by atoms with Crippen molar-refractivity contribution < 1.29 is 13.3 Å². The molecule has 0 radical (unpaired) electrons. The van der Waals surface area contributed by atoms with E-state index in [0.717, 1.165) is 88.7 Å². The summed E-state index contributed by atoms with van der Waals surface area (Å²) in [5.74, 6) is 0.600. The summed E-state index contributed by atoms with van der Waals surface area (Å²) >= 11 is 0. The second-order valence-corrected chi connectivity index (χ2v) is 13.6. The lowest BCUT2D eigenvalue weighted by Gasteiger charge is -2.26. The van der Waals surface area contributed by atoms with E-state index < -0.39 is 0 Å². The van der Waals surface area contributed by atoms with Crippen LogP contribution in [0.5, 0.6) is 0 Å². The predicted octanol–water partition coefficient (Wildman–Crippen LogP) is 14.1. The minimum absolute atomic E-state index is 0.600. The van der Waals surface area contributed by atoms with E-state index in [0.29, 0.717) is 5.89 Å². The van der Waals surface area contributed by atoms with Crippen molar-refractivity contribution in [1.82, 2.24) is 4.98 Å². The molecular weight excluding hydrogens is 665 g/mol. The fourth-order valence-electron chi connectivity index (χ4n) is 7.62. The van der Waals surface area contributed by atoms with E-state index in [9.17, 15) is 0 Å². The number of oxazole rings is 1. The predicted molar refractivity (Wildman–Crippen MR) is 220 cm³/mol. The maximum absolute atomic E-state index is 6.31. The van der Waals surface area contributed by atoms with Crippen LogP contribution in [0.2, 0.25) is 0 Å². The standard InChI is InChI=1S/C49H30N2O3/c1-3-9-31(10-4-1)32-15-20-36(21-16-32)51(38-24-26-46-41(28-38)39-13-7-8-14-44(39)52-46)37-22-17-33(18-23-37)35-19-25-45-40(27-35)42-29-48-43(30-47(42)53-45)50-49(54-48)34-11-5-2-6-12-34/h1-30H. The molecule has 0 aliphatic carbocycles. The Bertz CT molecular complexity index is 3140. The van der Waals surface area contributed by atoms with Gasteiger partial charge in [-0.15, -0.1) is 0 Å². The Hall–Kier alpha value is -7.37. The number of fused-ring (bicyclic) bond motifs is 7. The van der Waals surface area contributed by atoms with Gasteiger partial charge in [-0.1, -0.05) is 97.1 Å². The number of hydrogen-bond donors (Lipinski definition) is 0. The van der Waals surface area contributed by atoms with Gasteiger partial charge in [-0.3, -0.25) is 0 Å². The molecular formula is C49H30N2O3. The third-order valence-electron chi connectivity index (χ3n) is 10.3. The van der Waals surface area contributed by atoms with Crippen molar-refractivity contribution >= 4 is 72.0 Å². The van der Waals surface area contributed by atoms with E-state index >= 15 is 0 Å². The van der Waals surface area contributed by atoms with E-state index in [1.807, 2.05) is 66.7 Å². The molecule has 0 unspecified atom stereocenters. The largest absolute Gasteiger partial charge is 0.456 e. The molecule has 3 aromatic heterocycles. The van der Waals surface area contributed by atoms with Crippen LogP contribution in [0.3, 0.4) is 0 Å². The van der Waals surface area contributed by atoms with Gasteiger partial charge in [0.15, 0.2) is 5.58 Å². The summed E-state index contributed by atoms with van der Waals surface area (Å²) in [6.45, 7) is 0. The van der Waals surface area contributed by atoms with Gasteiger partial charge in [-0.25, -0.2) is 4.98 Å². The van der Waals surface area contributed by atoms with Gasteiger partial charge in [0.25, 0.3) is 0 Å². The second kappa shape index (κ2) is 12.1. The highest BCUT2D eigenvalue weighted by Gasteiger charge is 2.18. The van der Waals surface area contributed by atoms with Crippen molar-refractivity contribution in [2.45, 2.75) is 0 Å². The summed E-state index contributed by atoms with van der Waals surface area (Å²) in [7, 11) is 0. The van der Waals surface area contributed by atoms with E-state index in [1.165, 1.54) is 11.1 Å². The minimum Gasteiger partial charge on any atom is -0.456 e. The van der Waals surface area contributed by atoms with E-state index in [2.05, 4.69) is 120 Å². The lowest BCUT2D eigenvalue weighted by atomic mass is 10.0. The Labute approximate surface area is 309 Å².